The van der Waals surface area contributed by atoms with Crippen molar-refractivity contribution in [3.63, 3.8) is 0 Å². The Balaban J connectivity index is 0.00000261. The number of nitrogens with one attached hydrogen (secondary N) is 1. The summed E-state index contributed by atoms with van der Waals surface area (Å²) in [5.74, 6) is -0.349. The van der Waals surface area contributed by atoms with E-state index in [1.165, 1.54) is 4.90 Å². The van der Waals surface area contributed by atoms with Crippen LogP contribution in [0.1, 0.15) is 46.9 Å². The van der Waals surface area contributed by atoms with Crippen LogP contribution in [-0.2, 0) is 0 Å². The average Bonchev–Trinajstić information content (AvgIpc) is 2.63. The van der Waals surface area contributed by atoms with Gasteiger partial charge in [0.15, 0.2) is 0 Å². The van der Waals surface area contributed by atoms with Gasteiger partial charge in [0.25, 0.3) is 11.8 Å². The fourth-order valence-electron chi connectivity index (χ4n) is 3.44. The van der Waals surface area contributed by atoms with Crippen LogP contribution in [0.15, 0.2) is 30.3 Å². The van der Waals surface area contributed by atoms with Crippen molar-refractivity contribution < 1.29 is 15.1 Å². The van der Waals surface area contributed by atoms with Gasteiger partial charge in [0.1, 0.15) is 0 Å². The number of imide groups is 1. The van der Waals surface area contributed by atoms with Crippen molar-refractivity contribution in [3.8, 4) is 0 Å². The molecule has 0 saturated heterocycles. The Morgan fingerprint density at radius 2 is 1.70 bits per heavy atom. The molecule has 1 aliphatic rings. The monoisotopic (exact) mass is 371 g/mol. The van der Waals surface area contributed by atoms with Gasteiger partial charge in [0.05, 0.1) is 0 Å². The normalized spacial score (nSPS) is 13.3. The standard InChI is InChI=1S/C21H27N3O2.H2O/c1-4-5-14-24-20(25)16-9-6-8-15-18(22-12-7-13-23(2)3)11-10-17(19(15)16)21(24)26;/h6,8-11,22H,4-5,7,12-14H2,1-3H3;1H2. The number of hydrogen-bond donors (Lipinski definition) is 1. The van der Waals surface area contributed by atoms with Gasteiger partial charge in [-0.15, -0.1) is 0 Å². The van der Waals surface area contributed by atoms with Gasteiger partial charge in [-0.25, -0.2) is 0 Å². The zero-order chi connectivity index (χ0) is 18.7. The molecule has 0 radical (unpaired) electrons. The van der Waals surface area contributed by atoms with Crippen LogP contribution in [0, 0.1) is 0 Å². The molecule has 146 valence electrons. The summed E-state index contributed by atoms with van der Waals surface area (Å²) in [5.41, 5.74) is 2.24. The number of anilines is 1. The Morgan fingerprint density at radius 1 is 1.00 bits per heavy atom. The molecule has 0 saturated carbocycles. The first-order chi connectivity index (χ1) is 12.5. The fourth-order valence-corrected chi connectivity index (χ4v) is 3.44. The molecule has 2 amide bonds. The summed E-state index contributed by atoms with van der Waals surface area (Å²) in [7, 11) is 4.12. The van der Waals surface area contributed by atoms with Gasteiger partial charge in [-0.3, -0.25) is 14.5 Å². The molecular formula is C21H29N3O3. The van der Waals surface area contributed by atoms with E-state index in [2.05, 4.69) is 31.2 Å². The van der Waals surface area contributed by atoms with Crippen molar-refractivity contribution in [2.24, 2.45) is 0 Å². The molecule has 1 aliphatic heterocycles. The number of benzene rings is 2. The van der Waals surface area contributed by atoms with Crippen molar-refractivity contribution in [1.82, 2.24) is 9.80 Å². The summed E-state index contributed by atoms with van der Waals surface area (Å²) in [6.45, 7) is 4.40. The van der Waals surface area contributed by atoms with Crippen LogP contribution >= 0.6 is 0 Å². The molecule has 0 unspecified atom stereocenters. The van der Waals surface area contributed by atoms with Crippen molar-refractivity contribution in [2.45, 2.75) is 26.2 Å². The lowest BCUT2D eigenvalue weighted by molar-refractivity contribution is 0.0608. The zero-order valence-electron chi connectivity index (χ0n) is 16.3. The highest BCUT2D eigenvalue weighted by Crippen LogP contribution is 2.34. The van der Waals surface area contributed by atoms with E-state index in [-0.39, 0.29) is 17.3 Å². The second kappa shape index (κ2) is 8.97. The number of amides is 2. The van der Waals surface area contributed by atoms with E-state index in [4.69, 9.17) is 0 Å². The van der Waals surface area contributed by atoms with E-state index in [1.54, 1.807) is 0 Å². The number of carbonyl (C=O) groups excluding carboxylic acids is 2. The Kier molecular flexibility index (Phi) is 6.93. The van der Waals surface area contributed by atoms with E-state index in [1.807, 2.05) is 30.3 Å². The summed E-state index contributed by atoms with van der Waals surface area (Å²) in [4.78, 5) is 29.2. The summed E-state index contributed by atoms with van der Waals surface area (Å²) >= 11 is 0. The van der Waals surface area contributed by atoms with E-state index >= 15 is 0 Å². The first-order valence-corrected chi connectivity index (χ1v) is 9.35. The second-order valence-electron chi connectivity index (χ2n) is 7.09. The Hall–Kier alpha value is -2.44. The van der Waals surface area contributed by atoms with Gasteiger partial charge >= 0.3 is 0 Å². The van der Waals surface area contributed by atoms with Crippen LogP contribution < -0.4 is 5.32 Å². The maximum absolute atomic E-state index is 12.8. The van der Waals surface area contributed by atoms with Crippen molar-refractivity contribution >= 4 is 28.3 Å². The van der Waals surface area contributed by atoms with E-state index in [9.17, 15) is 9.59 Å². The first-order valence-electron chi connectivity index (χ1n) is 9.35. The molecule has 2 aromatic carbocycles. The zero-order valence-corrected chi connectivity index (χ0v) is 16.3. The van der Waals surface area contributed by atoms with Gasteiger partial charge in [-0.2, -0.15) is 0 Å². The van der Waals surface area contributed by atoms with Gasteiger partial charge < -0.3 is 15.7 Å². The quantitative estimate of drug-likeness (QED) is 0.571. The minimum absolute atomic E-state index is 0. The minimum atomic E-state index is -0.175. The molecule has 0 aliphatic carbocycles. The number of nitrogens with zero attached hydrogens (tertiary/aromatic N) is 2. The molecule has 6 nitrogen and oxygen atoms in total. The number of hydrogen-bond acceptors (Lipinski definition) is 4. The van der Waals surface area contributed by atoms with Crippen LogP contribution in [-0.4, -0.2) is 60.8 Å². The van der Waals surface area contributed by atoms with Crippen molar-refractivity contribution in [1.29, 1.82) is 0 Å². The van der Waals surface area contributed by atoms with E-state index in [0.29, 0.717) is 17.7 Å². The molecule has 0 atom stereocenters. The van der Waals surface area contributed by atoms with E-state index in [0.717, 1.165) is 48.8 Å². The molecule has 1 heterocycles. The SMILES string of the molecule is CCCCN1C(=O)c2cccc3c(NCCCN(C)C)ccc(c23)C1=O.O. The predicted molar refractivity (Wildman–Crippen MR) is 109 cm³/mol. The third-order valence-electron chi connectivity index (χ3n) is 4.82. The van der Waals surface area contributed by atoms with Crippen molar-refractivity contribution in [3.05, 3.63) is 41.5 Å². The summed E-state index contributed by atoms with van der Waals surface area (Å²) < 4.78 is 0. The van der Waals surface area contributed by atoms with Crippen LogP contribution in [0.3, 0.4) is 0 Å². The molecule has 2 aromatic rings. The lowest BCUT2D eigenvalue weighted by atomic mass is 9.93. The minimum Gasteiger partial charge on any atom is -0.412 e. The average molecular weight is 371 g/mol. The van der Waals surface area contributed by atoms with Crippen LogP contribution in [0.25, 0.3) is 10.8 Å². The van der Waals surface area contributed by atoms with E-state index < -0.39 is 0 Å². The number of rotatable bonds is 8. The third kappa shape index (κ3) is 4.12. The Morgan fingerprint density at radius 3 is 2.37 bits per heavy atom. The fraction of sp³-hybridized carbons (Fsp3) is 0.429. The second-order valence-corrected chi connectivity index (χ2v) is 7.09. The molecule has 0 spiro atoms. The molecule has 3 N–H and O–H groups in total. The topological polar surface area (TPSA) is 84.2 Å². The molecule has 0 bridgehead atoms. The third-order valence-corrected chi connectivity index (χ3v) is 4.82. The summed E-state index contributed by atoms with van der Waals surface area (Å²) in [6, 6.07) is 9.53. The highest BCUT2D eigenvalue weighted by Gasteiger charge is 2.32. The Labute approximate surface area is 160 Å². The highest BCUT2D eigenvalue weighted by atomic mass is 16.2. The van der Waals surface area contributed by atoms with Gasteiger partial charge in [-0.05, 0) is 51.7 Å². The molecule has 0 aromatic heterocycles. The lowest BCUT2D eigenvalue weighted by Crippen LogP contribution is -2.40. The maximum atomic E-state index is 12.8. The van der Waals surface area contributed by atoms with Crippen LogP contribution in [0.4, 0.5) is 5.69 Å². The molecule has 0 fully saturated rings. The van der Waals surface area contributed by atoms with Crippen molar-refractivity contribution in [2.75, 3.05) is 39.0 Å². The smallest absolute Gasteiger partial charge is 0.261 e. The predicted octanol–water partition coefficient (Wildman–Crippen LogP) is 2.77. The van der Waals surface area contributed by atoms with Gasteiger partial charge in [-0.1, -0.05) is 25.5 Å². The highest BCUT2D eigenvalue weighted by molar-refractivity contribution is 6.26. The number of carbonyl (C=O) groups is 2. The molecule has 27 heavy (non-hydrogen) atoms. The molecule has 6 heteroatoms. The van der Waals surface area contributed by atoms with Crippen LogP contribution in [0.5, 0.6) is 0 Å². The summed E-state index contributed by atoms with van der Waals surface area (Å²) in [6.07, 6.45) is 2.80. The maximum Gasteiger partial charge on any atom is 0.261 e. The Bertz CT molecular complexity index is 811. The largest absolute Gasteiger partial charge is 0.412 e. The van der Waals surface area contributed by atoms with Gasteiger partial charge in [0.2, 0.25) is 0 Å². The van der Waals surface area contributed by atoms with Gasteiger partial charge in [0, 0.05) is 40.7 Å². The number of unbranched alkanes of at least 4 members (excludes halogenated alkanes) is 1. The molecule has 3 rings (SSSR count). The first kappa shape index (κ1) is 20.9. The lowest BCUT2D eigenvalue weighted by Gasteiger charge is -2.27. The molecular weight excluding hydrogens is 342 g/mol. The summed E-state index contributed by atoms with van der Waals surface area (Å²) in [5, 5.41) is 5.19. The van der Waals surface area contributed by atoms with Crippen LogP contribution in [0.2, 0.25) is 0 Å².